The Morgan fingerprint density at radius 2 is 1.35 bits per heavy atom. The SMILES string of the molecule is O=C(O)c1c(-c2c3cc(I)c(O)c(I)c3[o+]c3c(I)c(O)c(I)cc23)ccc(Cl)c1Cl. The number of carbonyl (C=O) groups is 1. The first-order valence-corrected chi connectivity index (χ1v) is 13.3. The molecule has 31 heavy (non-hydrogen) atoms. The lowest BCUT2D eigenvalue weighted by atomic mass is 9.93. The molecule has 4 rings (SSSR count). The zero-order valence-electron chi connectivity index (χ0n) is 14.7. The Labute approximate surface area is 239 Å². The first-order valence-electron chi connectivity index (χ1n) is 8.23. The van der Waals surface area contributed by atoms with Crippen LogP contribution in [0.15, 0.2) is 28.7 Å². The van der Waals surface area contributed by atoms with Gasteiger partial charge in [0, 0.05) is 5.56 Å². The molecule has 0 aliphatic rings. The maximum Gasteiger partial charge on any atom is 0.378 e. The molecule has 0 fully saturated rings. The molecule has 0 unspecified atom stereocenters. The molecule has 4 aromatic rings. The van der Waals surface area contributed by atoms with E-state index in [0.29, 0.717) is 47.3 Å². The number of benzene rings is 3. The Balaban J connectivity index is 2.37. The van der Waals surface area contributed by atoms with Crippen molar-refractivity contribution in [2.45, 2.75) is 0 Å². The summed E-state index contributed by atoms with van der Waals surface area (Å²) in [6.45, 7) is 0. The molecule has 0 spiro atoms. The molecule has 0 bridgehead atoms. The molecular weight excluding hydrogens is 899 g/mol. The fraction of sp³-hybridized carbons (Fsp3) is 0. The molecule has 3 N–H and O–H groups in total. The second-order valence-electron chi connectivity index (χ2n) is 6.36. The number of carboxylic acid groups (broad SMARTS) is 1. The van der Waals surface area contributed by atoms with Crippen molar-refractivity contribution in [2.75, 3.05) is 0 Å². The van der Waals surface area contributed by atoms with Crippen molar-refractivity contribution in [2.24, 2.45) is 0 Å². The molecule has 5 nitrogen and oxygen atoms in total. The van der Waals surface area contributed by atoms with Crippen LogP contribution < -0.4 is 0 Å². The van der Waals surface area contributed by atoms with Crippen LogP contribution in [-0.4, -0.2) is 21.3 Å². The van der Waals surface area contributed by atoms with Gasteiger partial charge >= 0.3 is 17.1 Å². The van der Waals surface area contributed by atoms with Gasteiger partial charge in [-0.15, -0.1) is 0 Å². The molecule has 0 saturated carbocycles. The zero-order chi connectivity index (χ0) is 22.8. The molecule has 0 radical (unpaired) electrons. The average Bonchev–Trinajstić information content (AvgIpc) is 2.71. The zero-order valence-corrected chi connectivity index (χ0v) is 24.9. The Bertz CT molecular complexity index is 1380. The van der Waals surface area contributed by atoms with E-state index in [1.54, 1.807) is 24.3 Å². The van der Waals surface area contributed by atoms with Gasteiger partial charge in [-0.1, -0.05) is 29.3 Å². The minimum atomic E-state index is -1.23. The monoisotopic (exact) mass is 905 g/mol. The number of aromatic carboxylic acids is 1. The van der Waals surface area contributed by atoms with Gasteiger partial charge in [0.15, 0.2) is 18.6 Å². The highest BCUT2D eigenvalue weighted by Crippen LogP contribution is 2.47. The summed E-state index contributed by atoms with van der Waals surface area (Å²) in [5.74, 6) is -1.11. The lowest BCUT2D eigenvalue weighted by molar-refractivity contribution is 0.0698. The van der Waals surface area contributed by atoms with Gasteiger partial charge in [0.05, 0.1) is 33.5 Å². The topological polar surface area (TPSA) is 89.1 Å². The van der Waals surface area contributed by atoms with Gasteiger partial charge in [0.1, 0.15) is 0 Å². The van der Waals surface area contributed by atoms with E-state index in [0.717, 1.165) is 0 Å². The van der Waals surface area contributed by atoms with Crippen molar-refractivity contribution >= 4 is 141 Å². The molecule has 158 valence electrons. The number of halogens is 6. The minimum absolute atomic E-state index is 0.0556. The van der Waals surface area contributed by atoms with E-state index in [1.807, 2.05) is 90.4 Å². The van der Waals surface area contributed by atoms with Crippen molar-refractivity contribution in [3.05, 3.63) is 54.2 Å². The third-order valence-electron chi connectivity index (χ3n) is 4.62. The number of phenols is 2. The van der Waals surface area contributed by atoms with Crippen LogP contribution in [0.1, 0.15) is 10.4 Å². The predicted octanol–water partition coefficient (Wildman–Crippen LogP) is 8.37. The molecule has 11 heteroatoms. The second-order valence-corrected chi connectivity index (χ2v) is 11.6. The molecule has 0 amide bonds. The van der Waals surface area contributed by atoms with E-state index in [9.17, 15) is 20.1 Å². The predicted molar refractivity (Wildman–Crippen MR) is 155 cm³/mol. The fourth-order valence-electron chi connectivity index (χ4n) is 3.26. The van der Waals surface area contributed by atoms with Gasteiger partial charge in [-0.25, -0.2) is 9.21 Å². The molecule has 0 aliphatic heterocycles. The van der Waals surface area contributed by atoms with Crippen LogP contribution in [0.4, 0.5) is 0 Å². The molecule has 1 aromatic heterocycles. The fourth-order valence-corrected chi connectivity index (χ4v) is 7.24. The number of aromatic hydroxyl groups is 2. The standard InChI is InChI=1S/C20H6Cl2I4O5/c21-8-2-1-5(12(13(8)22)20(29)30)11-6-3-9(23)16(27)14(25)18(6)31-19-7(11)4-10(24)17(28)15(19)26/h1-4H,(H2-,27,28,29,30)/p+1. The lowest BCUT2D eigenvalue weighted by Crippen LogP contribution is -2.03. The van der Waals surface area contributed by atoms with Gasteiger partial charge in [-0.05, 0) is 114 Å². The molecule has 0 saturated heterocycles. The lowest BCUT2D eigenvalue weighted by Gasteiger charge is -2.13. The Morgan fingerprint density at radius 3 is 1.81 bits per heavy atom. The molecule has 0 aliphatic carbocycles. The van der Waals surface area contributed by atoms with E-state index < -0.39 is 5.97 Å². The summed E-state index contributed by atoms with van der Waals surface area (Å²) in [4.78, 5) is 12.2. The summed E-state index contributed by atoms with van der Waals surface area (Å²) < 4.78 is 8.23. The normalized spacial score (nSPS) is 11.4. The molecule has 3 aromatic carbocycles. The highest BCUT2D eigenvalue weighted by atomic mass is 127. The molecule has 1 heterocycles. The van der Waals surface area contributed by atoms with Crippen LogP contribution >= 0.6 is 114 Å². The van der Waals surface area contributed by atoms with Crippen molar-refractivity contribution in [1.82, 2.24) is 0 Å². The molecule has 0 atom stereocenters. The smallest absolute Gasteiger partial charge is 0.378 e. The van der Waals surface area contributed by atoms with Gasteiger partial charge in [0.25, 0.3) is 0 Å². The van der Waals surface area contributed by atoms with Crippen LogP contribution in [-0.2, 0) is 0 Å². The summed E-state index contributed by atoms with van der Waals surface area (Å²) in [6.07, 6.45) is 0. The third kappa shape index (κ3) is 3.94. The maximum absolute atomic E-state index is 12.2. The van der Waals surface area contributed by atoms with Gasteiger partial charge in [0.2, 0.25) is 0 Å². The quantitative estimate of drug-likeness (QED) is 0.107. The van der Waals surface area contributed by atoms with E-state index in [4.69, 9.17) is 27.6 Å². The number of carboxylic acids is 1. The Kier molecular flexibility index (Phi) is 6.92. The van der Waals surface area contributed by atoms with Crippen molar-refractivity contribution in [3.8, 4) is 22.6 Å². The number of hydrogen-bond acceptors (Lipinski definition) is 3. The van der Waals surface area contributed by atoms with Crippen molar-refractivity contribution in [1.29, 1.82) is 0 Å². The van der Waals surface area contributed by atoms with Crippen LogP contribution in [0.5, 0.6) is 11.5 Å². The minimum Gasteiger partial charge on any atom is -0.505 e. The van der Waals surface area contributed by atoms with E-state index in [2.05, 4.69) is 0 Å². The average molecular weight is 906 g/mol. The van der Waals surface area contributed by atoms with Crippen molar-refractivity contribution < 1.29 is 24.5 Å². The number of rotatable bonds is 2. The summed E-state index contributed by atoms with van der Waals surface area (Å²) in [5, 5.41) is 32.1. The largest absolute Gasteiger partial charge is 0.505 e. The number of phenolic OH excluding ortho intramolecular Hbond substituents is 2. The van der Waals surface area contributed by atoms with E-state index >= 15 is 0 Å². The van der Waals surface area contributed by atoms with Crippen LogP contribution in [0.25, 0.3) is 33.1 Å². The maximum atomic E-state index is 12.2. The van der Waals surface area contributed by atoms with Gasteiger partial charge in [-0.3, -0.25) is 0 Å². The van der Waals surface area contributed by atoms with Crippen LogP contribution in [0.3, 0.4) is 0 Å². The Morgan fingerprint density at radius 1 is 0.871 bits per heavy atom. The summed E-state index contributed by atoms with van der Waals surface area (Å²) in [7, 11) is 0. The first kappa shape index (κ1) is 24.0. The third-order valence-corrected chi connectivity index (χ3v) is 9.07. The highest BCUT2D eigenvalue weighted by molar-refractivity contribution is 14.1. The Hall–Kier alpha value is -0.100. The summed E-state index contributed by atoms with van der Waals surface area (Å²) in [5.41, 5.74) is 1.49. The first-order chi connectivity index (χ1) is 14.5. The van der Waals surface area contributed by atoms with Crippen LogP contribution in [0.2, 0.25) is 10.0 Å². The number of hydrogen-bond donors (Lipinski definition) is 3. The summed E-state index contributed by atoms with van der Waals surface area (Å²) in [6, 6.07) is 6.60. The second kappa shape index (κ2) is 8.92. The van der Waals surface area contributed by atoms with Crippen molar-refractivity contribution in [3.63, 3.8) is 0 Å². The number of fused-ring (bicyclic) bond motifs is 2. The molecular formula is C20H7Cl2I4O5+. The van der Waals surface area contributed by atoms with Gasteiger partial charge < -0.3 is 15.3 Å². The summed E-state index contributed by atoms with van der Waals surface area (Å²) >= 11 is 20.4. The van der Waals surface area contributed by atoms with Gasteiger partial charge in [-0.2, -0.15) is 0 Å². The van der Waals surface area contributed by atoms with E-state index in [-0.39, 0.29) is 27.1 Å². The van der Waals surface area contributed by atoms with Crippen LogP contribution in [0, 0.1) is 14.3 Å². The van der Waals surface area contributed by atoms with E-state index in [1.165, 1.54) is 0 Å². The highest BCUT2D eigenvalue weighted by Gasteiger charge is 2.32.